The van der Waals surface area contributed by atoms with E-state index in [1.165, 1.54) is 11.6 Å². The lowest BCUT2D eigenvalue weighted by Crippen LogP contribution is -2.11. The first-order valence-electron chi connectivity index (χ1n) is 12.1. The third-order valence-electron chi connectivity index (χ3n) is 6.57. The lowest BCUT2D eigenvalue weighted by molar-refractivity contribution is -0.137. The number of alkyl halides is 3. The van der Waals surface area contributed by atoms with Gasteiger partial charge in [0, 0.05) is 39.5 Å². The smallest absolute Gasteiger partial charge is 0.416 e. The summed E-state index contributed by atoms with van der Waals surface area (Å²) in [6.07, 6.45) is -0.797. The fourth-order valence-electron chi connectivity index (χ4n) is 4.56. The Morgan fingerprint density at radius 2 is 1.65 bits per heavy atom. The highest BCUT2D eigenvalue weighted by molar-refractivity contribution is 6.35. The molecule has 4 nitrogen and oxygen atoms in total. The molecule has 1 aliphatic heterocycles. The number of benzene rings is 3. The summed E-state index contributed by atoms with van der Waals surface area (Å²) < 4.78 is 47.4. The zero-order valence-corrected chi connectivity index (χ0v) is 20.8. The van der Waals surface area contributed by atoms with Gasteiger partial charge in [-0.2, -0.15) is 13.2 Å². The van der Waals surface area contributed by atoms with E-state index < -0.39 is 17.6 Å². The first-order chi connectivity index (χ1) is 17.5. The molecule has 0 saturated heterocycles. The average Bonchev–Trinajstić information content (AvgIpc) is 3.35. The molecule has 0 bridgehead atoms. The van der Waals surface area contributed by atoms with Crippen molar-refractivity contribution in [3.63, 3.8) is 0 Å². The van der Waals surface area contributed by atoms with Crippen molar-refractivity contribution in [1.29, 1.82) is 0 Å². The summed E-state index contributed by atoms with van der Waals surface area (Å²) in [5.41, 5.74) is 3.26. The number of carbonyl (C=O) groups is 1. The van der Waals surface area contributed by atoms with E-state index in [1.807, 2.05) is 42.6 Å². The van der Waals surface area contributed by atoms with Gasteiger partial charge in [0.15, 0.2) is 0 Å². The maximum absolute atomic E-state index is 13.1. The molecule has 0 spiro atoms. The second kappa shape index (κ2) is 9.14. The molecule has 1 aliphatic rings. The third kappa shape index (κ3) is 4.99. The molecule has 1 N–H and O–H groups in total. The van der Waals surface area contributed by atoms with Crippen LogP contribution in [-0.4, -0.2) is 17.1 Å². The van der Waals surface area contributed by atoms with Crippen molar-refractivity contribution >= 4 is 34.1 Å². The van der Waals surface area contributed by atoms with Crippen LogP contribution in [0.25, 0.3) is 22.6 Å². The molecule has 0 atom stereocenters. The van der Waals surface area contributed by atoms with E-state index in [9.17, 15) is 18.0 Å². The Balaban J connectivity index is 1.39. The Kier molecular flexibility index (Phi) is 6.10. The minimum Gasteiger partial charge on any atom is -0.492 e. The molecule has 5 rings (SSSR count). The van der Waals surface area contributed by atoms with Crippen molar-refractivity contribution in [2.24, 2.45) is 0 Å². The van der Waals surface area contributed by atoms with Gasteiger partial charge in [0.1, 0.15) is 12.4 Å². The normalized spacial score (nSPS) is 14.8. The largest absolute Gasteiger partial charge is 0.492 e. The molecule has 2 heterocycles. The van der Waals surface area contributed by atoms with E-state index in [-0.39, 0.29) is 11.1 Å². The predicted octanol–water partition coefficient (Wildman–Crippen LogP) is 7.53. The molecular formula is C30H27F3N2O2. The third-order valence-corrected chi connectivity index (χ3v) is 6.57. The van der Waals surface area contributed by atoms with Gasteiger partial charge in [-0.3, -0.25) is 4.79 Å². The number of aromatic nitrogens is 1. The van der Waals surface area contributed by atoms with Gasteiger partial charge in [-0.15, -0.1) is 0 Å². The zero-order valence-electron chi connectivity index (χ0n) is 20.8. The van der Waals surface area contributed by atoms with Crippen LogP contribution in [-0.2, 0) is 22.9 Å². The molecule has 7 heteroatoms. The Morgan fingerprint density at radius 3 is 2.35 bits per heavy atom. The number of anilines is 1. The molecule has 1 amide bonds. The minimum atomic E-state index is -4.48. The molecule has 4 aromatic rings. The van der Waals surface area contributed by atoms with Gasteiger partial charge >= 0.3 is 6.18 Å². The molecule has 0 radical (unpaired) electrons. The summed E-state index contributed by atoms with van der Waals surface area (Å²) in [6, 6.07) is 19.2. The van der Waals surface area contributed by atoms with E-state index in [0.29, 0.717) is 24.3 Å². The van der Waals surface area contributed by atoms with Gasteiger partial charge in [0.05, 0.1) is 12.1 Å². The Bertz CT molecular complexity index is 1510. The topological polar surface area (TPSA) is 43.3 Å². The van der Waals surface area contributed by atoms with Crippen molar-refractivity contribution in [3.05, 3.63) is 95.2 Å². The van der Waals surface area contributed by atoms with Crippen molar-refractivity contribution in [2.75, 3.05) is 11.9 Å². The van der Waals surface area contributed by atoms with Gasteiger partial charge in [-0.05, 0) is 47.4 Å². The molecule has 0 unspecified atom stereocenters. The van der Waals surface area contributed by atoms with E-state index in [2.05, 4.69) is 42.8 Å². The molecule has 190 valence electrons. The lowest BCUT2D eigenvalue weighted by Gasteiger charge is -2.19. The maximum atomic E-state index is 13.1. The number of hydrogen-bond donors (Lipinski definition) is 1. The van der Waals surface area contributed by atoms with Gasteiger partial charge < -0.3 is 14.6 Å². The molecule has 0 fully saturated rings. The number of halogens is 3. The number of nitrogens with zero attached hydrogens (tertiary/aromatic N) is 1. The Morgan fingerprint density at radius 1 is 0.946 bits per heavy atom. The van der Waals surface area contributed by atoms with Crippen molar-refractivity contribution in [3.8, 4) is 5.75 Å². The van der Waals surface area contributed by atoms with Crippen LogP contribution in [0, 0.1) is 0 Å². The van der Waals surface area contributed by atoms with Gasteiger partial charge in [0.2, 0.25) is 0 Å². The predicted molar refractivity (Wildman–Crippen MR) is 141 cm³/mol. The molecule has 0 saturated carbocycles. The van der Waals surface area contributed by atoms with Crippen molar-refractivity contribution in [2.45, 2.75) is 38.9 Å². The standard InChI is InChI=1S/C30H27F3N2O2/c1-29(2,3)20-8-11-22(12-9-20)37-15-14-35-18-19(23-6-4-5-7-27(23)35)16-25-24-13-10-21(30(31,32)33)17-26(24)34-28(25)36/h4-13,16-18H,14-15H2,1-3H3,(H,34,36)/b25-16+. The molecule has 1 aromatic heterocycles. The number of hydrogen-bond acceptors (Lipinski definition) is 2. The summed E-state index contributed by atoms with van der Waals surface area (Å²) in [5, 5.41) is 3.51. The van der Waals surface area contributed by atoms with Crippen LogP contribution in [0.2, 0.25) is 0 Å². The number of rotatable bonds is 5. The summed E-state index contributed by atoms with van der Waals surface area (Å²) in [4.78, 5) is 12.7. The second-order valence-corrected chi connectivity index (χ2v) is 10.2. The molecule has 3 aromatic carbocycles. The highest BCUT2D eigenvalue weighted by atomic mass is 19.4. The summed E-state index contributed by atoms with van der Waals surface area (Å²) in [6.45, 7) is 7.54. The lowest BCUT2D eigenvalue weighted by atomic mass is 9.87. The number of carbonyl (C=O) groups excluding carboxylic acids is 1. The van der Waals surface area contributed by atoms with E-state index in [4.69, 9.17) is 4.74 Å². The van der Waals surface area contributed by atoms with Gasteiger partial charge in [0.25, 0.3) is 5.91 Å². The molecule has 37 heavy (non-hydrogen) atoms. The first kappa shape index (κ1) is 24.7. The van der Waals surface area contributed by atoms with E-state index >= 15 is 0 Å². The number of nitrogens with one attached hydrogen (secondary N) is 1. The molecule has 0 aliphatic carbocycles. The Labute approximate surface area is 213 Å². The van der Waals surface area contributed by atoms with Crippen molar-refractivity contribution < 1.29 is 22.7 Å². The average molecular weight is 505 g/mol. The molecular weight excluding hydrogens is 477 g/mol. The van der Waals surface area contributed by atoms with Crippen LogP contribution >= 0.6 is 0 Å². The summed E-state index contributed by atoms with van der Waals surface area (Å²) in [5.74, 6) is 0.373. The van der Waals surface area contributed by atoms with E-state index in [1.54, 1.807) is 6.08 Å². The van der Waals surface area contributed by atoms with Crippen LogP contribution in [0.1, 0.15) is 43.0 Å². The number of ether oxygens (including phenoxy) is 1. The first-order valence-corrected chi connectivity index (χ1v) is 12.1. The van der Waals surface area contributed by atoms with Crippen LogP contribution in [0.4, 0.5) is 18.9 Å². The van der Waals surface area contributed by atoms with Crippen molar-refractivity contribution in [1.82, 2.24) is 4.57 Å². The van der Waals surface area contributed by atoms with Gasteiger partial charge in [-0.1, -0.05) is 57.2 Å². The highest BCUT2D eigenvalue weighted by Crippen LogP contribution is 2.39. The number of amides is 1. The van der Waals surface area contributed by atoms with Gasteiger partial charge in [-0.25, -0.2) is 0 Å². The zero-order chi connectivity index (χ0) is 26.4. The summed E-state index contributed by atoms with van der Waals surface area (Å²) in [7, 11) is 0. The second-order valence-electron chi connectivity index (χ2n) is 10.2. The number of fused-ring (bicyclic) bond motifs is 2. The monoisotopic (exact) mass is 504 g/mol. The highest BCUT2D eigenvalue weighted by Gasteiger charge is 2.33. The maximum Gasteiger partial charge on any atom is 0.416 e. The number of para-hydroxylation sites is 1. The van der Waals surface area contributed by atoms with Crippen LogP contribution in [0.15, 0.2) is 72.9 Å². The fraction of sp³-hybridized carbons (Fsp3) is 0.233. The minimum absolute atomic E-state index is 0.0743. The quantitative estimate of drug-likeness (QED) is 0.286. The van der Waals surface area contributed by atoms with Crippen LogP contribution < -0.4 is 10.1 Å². The van der Waals surface area contributed by atoms with Crippen LogP contribution in [0.5, 0.6) is 5.75 Å². The fourth-order valence-corrected chi connectivity index (χ4v) is 4.56. The van der Waals surface area contributed by atoms with E-state index in [0.717, 1.165) is 34.3 Å². The summed E-state index contributed by atoms with van der Waals surface area (Å²) >= 11 is 0. The van der Waals surface area contributed by atoms with Crippen LogP contribution in [0.3, 0.4) is 0 Å². The SMILES string of the molecule is CC(C)(C)c1ccc(OCCn2cc(/C=C3/C(=O)Nc4cc(C(F)(F)F)ccc43)c3ccccc32)cc1. The Hall–Kier alpha value is -4.00.